The van der Waals surface area contributed by atoms with Gasteiger partial charge in [-0.25, -0.2) is 4.79 Å². The number of aliphatic carboxylic acids is 1. The molecule has 1 saturated heterocycles. The fraction of sp³-hybridized carbons (Fsp3) is 0.875. The molecule has 0 aromatic heterocycles. The van der Waals surface area contributed by atoms with Crippen molar-refractivity contribution < 1.29 is 14.7 Å². The standard InChI is InChI=1S/C16H28N2O3/c1-2-7-16(14(19)20)8-10-18(11-9-16)15(21)17-12-13-5-3-4-6-13/h13H,2-12H2,1H3,(H,17,21)(H,19,20). The van der Waals surface area contributed by atoms with Crippen LogP contribution in [0.3, 0.4) is 0 Å². The van der Waals surface area contributed by atoms with E-state index in [1.807, 2.05) is 6.92 Å². The average Bonchev–Trinajstić information content (AvgIpc) is 2.99. The van der Waals surface area contributed by atoms with E-state index in [1.165, 1.54) is 25.7 Å². The highest BCUT2D eigenvalue weighted by atomic mass is 16.4. The third kappa shape index (κ3) is 3.89. The molecule has 21 heavy (non-hydrogen) atoms. The number of likely N-dealkylation sites (tertiary alicyclic amines) is 1. The van der Waals surface area contributed by atoms with Crippen LogP contribution in [0.2, 0.25) is 0 Å². The van der Waals surface area contributed by atoms with Gasteiger partial charge in [0.15, 0.2) is 0 Å². The summed E-state index contributed by atoms with van der Waals surface area (Å²) in [6.45, 7) is 3.91. The zero-order chi connectivity index (χ0) is 15.3. The highest BCUT2D eigenvalue weighted by Gasteiger charge is 2.41. The van der Waals surface area contributed by atoms with Crippen LogP contribution in [0.25, 0.3) is 0 Å². The van der Waals surface area contributed by atoms with Crippen molar-refractivity contribution in [2.75, 3.05) is 19.6 Å². The second kappa shape index (κ2) is 7.14. The molecule has 0 aromatic carbocycles. The molecule has 0 unspecified atom stereocenters. The number of hydrogen-bond acceptors (Lipinski definition) is 2. The number of urea groups is 1. The van der Waals surface area contributed by atoms with Gasteiger partial charge in [-0.1, -0.05) is 26.2 Å². The van der Waals surface area contributed by atoms with E-state index in [-0.39, 0.29) is 6.03 Å². The number of nitrogens with one attached hydrogen (secondary N) is 1. The summed E-state index contributed by atoms with van der Waals surface area (Å²) < 4.78 is 0. The molecule has 2 amide bonds. The fourth-order valence-electron chi connectivity index (χ4n) is 3.75. The van der Waals surface area contributed by atoms with E-state index >= 15 is 0 Å². The smallest absolute Gasteiger partial charge is 0.317 e. The average molecular weight is 296 g/mol. The van der Waals surface area contributed by atoms with E-state index in [1.54, 1.807) is 4.90 Å². The lowest BCUT2D eigenvalue weighted by Gasteiger charge is -2.38. The van der Waals surface area contributed by atoms with Crippen molar-refractivity contribution in [3.63, 3.8) is 0 Å². The molecule has 2 aliphatic rings. The Balaban J connectivity index is 1.79. The summed E-state index contributed by atoms with van der Waals surface area (Å²) in [5.41, 5.74) is -0.614. The predicted molar refractivity (Wildman–Crippen MR) is 81.1 cm³/mol. The molecule has 1 heterocycles. The van der Waals surface area contributed by atoms with E-state index in [4.69, 9.17) is 0 Å². The SMILES string of the molecule is CCCC1(C(=O)O)CCN(C(=O)NCC2CCCC2)CC1. The van der Waals surface area contributed by atoms with Crippen LogP contribution in [0.1, 0.15) is 58.3 Å². The number of carboxylic acids is 1. The summed E-state index contributed by atoms with van der Waals surface area (Å²) >= 11 is 0. The Labute approximate surface area is 127 Å². The number of carbonyl (C=O) groups excluding carboxylic acids is 1. The van der Waals surface area contributed by atoms with Crippen molar-refractivity contribution in [2.45, 2.75) is 58.3 Å². The van der Waals surface area contributed by atoms with Crippen LogP contribution in [0, 0.1) is 11.3 Å². The van der Waals surface area contributed by atoms with Crippen LogP contribution in [0.4, 0.5) is 4.79 Å². The molecule has 0 bridgehead atoms. The predicted octanol–water partition coefficient (Wildman–Crippen LogP) is 2.85. The summed E-state index contributed by atoms with van der Waals surface area (Å²) in [6.07, 6.45) is 7.74. The lowest BCUT2D eigenvalue weighted by Crippen LogP contribution is -2.50. The largest absolute Gasteiger partial charge is 0.481 e. The van der Waals surface area contributed by atoms with Crippen molar-refractivity contribution >= 4 is 12.0 Å². The number of nitrogens with zero attached hydrogens (tertiary/aromatic N) is 1. The quantitative estimate of drug-likeness (QED) is 0.819. The topological polar surface area (TPSA) is 69.6 Å². The monoisotopic (exact) mass is 296 g/mol. The summed E-state index contributed by atoms with van der Waals surface area (Å²) in [4.78, 5) is 25.5. The van der Waals surface area contributed by atoms with Crippen LogP contribution >= 0.6 is 0 Å². The molecule has 0 spiro atoms. The minimum atomic E-state index is -0.699. The Morgan fingerprint density at radius 2 is 1.86 bits per heavy atom. The number of rotatable bonds is 5. The molecule has 0 radical (unpaired) electrons. The number of piperidine rings is 1. The first-order valence-electron chi connectivity index (χ1n) is 8.33. The van der Waals surface area contributed by atoms with Gasteiger partial charge in [0, 0.05) is 19.6 Å². The van der Waals surface area contributed by atoms with Gasteiger partial charge in [0.05, 0.1) is 5.41 Å². The molecule has 5 nitrogen and oxygen atoms in total. The van der Waals surface area contributed by atoms with Gasteiger partial charge in [-0.05, 0) is 38.0 Å². The van der Waals surface area contributed by atoms with Gasteiger partial charge in [0.2, 0.25) is 0 Å². The second-order valence-electron chi connectivity index (χ2n) is 6.66. The lowest BCUT2D eigenvalue weighted by atomic mass is 9.75. The Morgan fingerprint density at radius 1 is 1.24 bits per heavy atom. The first kappa shape index (κ1) is 16.1. The minimum absolute atomic E-state index is 0.0163. The zero-order valence-corrected chi connectivity index (χ0v) is 13.1. The molecule has 2 fully saturated rings. The maximum Gasteiger partial charge on any atom is 0.317 e. The van der Waals surface area contributed by atoms with E-state index < -0.39 is 11.4 Å². The van der Waals surface area contributed by atoms with Gasteiger partial charge >= 0.3 is 12.0 Å². The van der Waals surface area contributed by atoms with E-state index in [0.29, 0.717) is 38.3 Å². The van der Waals surface area contributed by atoms with Crippen LogP contribution in [-0.4, -0.2) is 41.6 Å². The van der Waals surface area contributed by atoms with Crippen LogP contribution in [-0.2, 0) is 4.79 Å². The van der Waals surface area contributed by atoms with Gasteiger partial charge in [-0.2, -0.15) is 0 Å². The molecule has 0 atom stereocenters. The Kier molecular flexibility index (Phi) is 5.48. The number of hydrogen-bond donors (Lipinski definition) is 2. The highest BCUT2D eigenvalue weighted by Crippen LogP contribution is 2.36. The van der Waals surface area contributed by atoms with Crippen LogP contribution in [0.5, 0.6) is 0 Å². The first-order chi connectivity index (χ1) is 10.1. The second-order valence-corrected chi connectivity index (χ2v) is 6.66. The van der Waals surface area contributed by atoms with Gasteiger partial charge < -0.3 is 15.3 Å². The third-order valence-corrected chi connectivity index (χ3v) is 5.21. The maximum absolute atomic E-state index is 12.2. The molecular weight excluding hydrogens is 268 g/mol. The number of carbonyl (C=O) groups is 2. The maximum atomic E-state index is 12.2. The normalized spacial score (nSPS) is 22.2. The Bertz CT molecular complexity index is 370. The molecule has 120 valence electrons. The van der Waals surface area contributed by atoms with Gasteiger partial charge in [-0.3, -0.25) is 4.79 Å². The third-order valence-electron chi connectivity index (χ3n) is 5.21. The van der Waals surface area contributed by atoms with Crippen molar-refractivity contribution in [2.24, 2.45) is 11.3 Å². The fourth-order valence-corrected chi connectivity index (χ4v) is 3.75. The molecule has 1 aliphatic heterocycles. The number of carboxylic acid groups (broad SMARTS) is 1. The molecule has 5 heteroatoms. The summed E-state index contributed by atoms with van der Waals surface area (Å²) in [6, 6.07) is -0.0163. The first-order valence-corrected chi connectivity index (χ1v) is 8.33. The van der Waals surface area contributed by atoms with Crippen molar-refractivity contribution in [1.82, 2.24) is 10.2 Å². The Morgan fingerprint density at radius 3 is 2.38 bits per heavy atom. The summed E-state index contributed by atoms with van der Waals surface area (Å²) in [5.74, 6) is -0.0627. The lowest BCUT2D eigenvalue weighted by molar-refractivity contribution is -0.152. The van der Waals surface area contributed by atoms with Gasteiger partial charge in [0.1, 0.15) is 0 Å². The van der Waals surface area contributed by atoms with E-state index in [9.17, 15) is 14.7 Å². The molecule has 2 rings (SSSR count). The molecule has 1 aliphatic carbocycles. The summed E-state index contributed by atoms with van der Waals surface area (Å²) in [5, 5.41) is 12.5. The van der Waals surface area contributed by atoms with Crippen LogP contribution < -0.4 is 5.32 Å². The minimum Gasteiger partial charge on any atom is -0.481 e. The Hall–Kier alpha value is -1.26. The molecule has 2 N–H and O–H groups in total. The number of amides is 2. The van der Waals surface area contributed by atoms with Crippen molar-refractivity contribution in [3.05, 3.63) is 0 Å². The van der Waals surface area contributed by atoms with E-state index in [2.05, 4.69) is 5.32 Å². The molecular formula is C16H28N2O3. The van der Waals surface area contributed by atoms with Crippen molar-refractivity contribution in [1.29, 1.82) is 0 Å². The van der Waals surface area contributed by atoms with Gasteiger partial charge in [0.25, 0.3) is 0 Å². The molecule has 0 aromatic rings. The highest BCUT2D eigenvalue weighted by molar-refractivity contribution is 5.77. The zero-order valence-electron chi connectivity index (χ0n) is 13.1. The summed E-state index contributed by atoms with van der Waals surface area (Å²) in [7, 11) is 0. The van der Waals surface area contributed by atoms with Crippen molar-refractivity contribution in [3.8, 4) is 0 Å². The molecule has 1 saturated carbocycles. The van der Waals surface area contributed by atoms with Crippen LogP contribution in [0.15, 0.2) is 0 Å². The van der Waals surface area contributed by atoms with Gasteiger partial charge in [-0.15, -0.1) is 0 Å². The van der Waals surface area contributed by atoms with E-state index in [0.717, 1.165) is 13.0 Å².